The molecule has 0 amide bonds. The van der Waals surface area contributed by atoms with Crippen LogP contribution in [-0.4, -0.2) is 12.0 Å². The lowest BCUT2D eigenvalue weighted by Gasteiger charge is -2.16. The minimum absolute atomic E-state index is 0.429. The molecule has 0 radical (unpaired) electrons. The molecule has 1 atom stereocenters. The van der Waals surface area contributed by atoms with E-state index in [-0.39, 0.29) is 0 Å². The van der Waals surface area contributed by atoms with Gasteiger partial charge in [0.1, 0.15) is 5.76 Å². The number of anilines is 1. The highest BCUT2D eigenvalue weighted by atomic mass is 16.5. The summed E-state index contributed by atoms with van der Waals surface area (Å²) in [6, 6.07) is 14.3. The Morgan fingerprint density at radius 3 is 2.62 bits per heavy atom. The SMILES string of the molecule is CNc1ccc(OC2=CCC(c3ccccc3)C=C2)nc1. The van der Waals surface area contributed by atoms with E-state index in [9.17, 15) is 0 Å². The monoisotopic (exact) mass is 278 g/mol. The zero-order chi connectivity index (χ0) is 14.5. The van der Waals surface area contributed by atoms with Crippen LogP contribution in [0.15, 0.2) is 72.6 Å². The van der Waals surface area contributed by atoms with Crippen molar-refractivity contribution >= 4 is 5.69 Å². The topological polar surface area (TPSA) is 34.1 Å². The van der Waals surface area contributed by atoms with Gasteiger partial charge in [0.25, 0.3) is 0 Å². The molecule has 3 rings (SSSR count). The molecule has 1 aromatic heterocycles. The van der Waals surface area contributed by atoms with Gasteiger partial charge in [-0.15, -0.1) is 0 Å². The van der Waals surface area contributed by atoms with Crippen molar-refractivity contribution in [3.63, 3.8) is 0 Å². The molecule has 0 saturated carbocycles. The Kier molecular flexibility index (Phi) is 4.01. The number of aromatic nitrogens is 1. The second kappa shape index (κ2) is 6.27. The number of pyridine rings is 1. The lowest BCUT2D eigenvalue weighted by molar-refractivity contribution is 0.420. The van der Waals surface area contributed by atoms with Gasteiger partial charge in [-0.25, -0.2) is 4.98 Å². The fourth-order valence-electron chi connectivity index (χ4n) is 2.33. The van der Waals surface area contributed by atoms with Gasteiger partial charge < -0.3 is 10.1 Å². The Bertz CT molecular complexity index is 645. The summed E-state index contributed by atoms with van der Waals surface area (Å²) in [6.07, 6.45) is 9.03. The van der Waals surface area contributed by atoms with Crippen molar-refractivity contribution in [1.29, 1.82) is 0 Å². The molecule has 0 bridgehead atoms. The third kappa shape index (κ3) is 3.31. The summed E-state index contributed by atoms with van der Waals surface area (Å²) in [6.45, 7) is 0. The normalized spacial score (nSPS) is 17.2. The molecule has 0 fully saturated rings. The Morgan fingerprint density at radius 1 is 1.14 bits per heavy atom. The second-order valence-corrected chi connectivity index (χ2v) is 4.96. The van der Waals surface area contributed by atoms with Crippen LogP contribution in [0.2, 0.25) is 0 Å². The first-order chi connectivity index (χ1) is 10.3. The number of benzene rings is 1. The van der Waals surface area contributed by atoms with Gasteiger partial charge in [0.05, 0.1) is 11.9 Å². The first-order valence-electron chi connectivity index (χ1n) is 7.10. The molecular formula is C18H18N2O. The molecule has 1 aliphatic carbocycles. The van der Waals surface area contributed by atoms with E-state index in [0.717, 1.165) is 17.9 Å². The van der Waals surface area contributed by atoms with Gasteiger partial charge >= 0.3 is 0 Å². The zero-order valence-electron chi connectivity index (χ0n) is 12.0. The number of hydrogen-bond acceptors (Lipinski definition) is 3. The molecule has 1 aromatic carbocycles. The summed E-state index contributed by atoms with van der Waals surface area (Å²) in [7, 11) is 1.87. The van der Waals surface area contributed by atoms with Crippen molar-refractivity contribution in [2.75, 3.05) is 12.4 Å². The highest BCUT2D eigenvalue weighted by molar-refractivity contribution is 5.41. The first kappa shape index (κ1) is 13.4. The summed E-state index contributed by atoms with van der Waals surface area (Å²) in [5.74, 6) is 1.90. The molecule has 21 heavy (non-hydrogen) atoms. The van der Waals surface area contributed by atoms with Crippen molar-refractivity contribution in [3.05, 3.63) is 78.2 Å². The average Bonchev–Trinajstić information content (AvgIpc) is 2.57. The van der Waals surface area contributed by atoms with E-state index >= 15 is 0 Å². The Balaban J connectivity index is 1.64. The molecule has 2 aromatic rings. The molecule has 1 heterocycles. The van der Waals surface area contributed by atoms with Gasteiger partial charge in [-0.2, -0.15) is 0 Å². The van der Waals surface area contributed by atoms with E-state index in [1.165, 1.54) is 5.56 Å². The van der Waals surface area contributed by atoms with Crippen molar-refractivity contribution in [2.45, 2.75) is 12.3 Å². The lowest BCUT2D eigenvalue weighted by atomic mass is 9.92. The van der Waals surface area contributed by atoms with Crippen molar-refractivity contribution in [2.24, 2.45) is 0 Å². The van der Waals surface area contributed by atoms with Crippen LogP contribution in [-0.2, 0) is 0 Å². The van der Waals surface area contributed by atoms with Crippen molar-refractivity contribution in [3.8, 4) is 5.88 Å². The molecule has 106 valence electrons. The maximum Gasteiger partial charge on any atom is 0.219 e. The summed E-state index contributed by atoms with van der Waals surface area (Å²) < 4.78 is 5.77. The highest BCUT2D eigenvalue weighted by Crippen LogP contribution is 2.27. The number of allylic oxidation sites excluding steroid dienone is 3. The van der Waals surface area contributed by atoms with E-state index in [0.29, 0.717) is 11.8 Å². The highest BCUT2D eigenvalue weighted by Gasteiger charge is 2.12. The van der Waals surface area contributed by atoms with E-state index in [2.05, 4.69) is 46.7 Å². The third-order valence-electron chi connectivity index (χ3n) is 3.54. The van der Waals surface area contributed by atoms with Crippen LogP contribution in [0.25, 0.3) is 0 Å². The van der Waals surface area contributed by atoms with Gasteiger partial charge in [0, 0.05) is 19.0 Å². The van der Waals surface area contributed by atoms with Crippen molar-refractivity contribution in [1.82, 2.24) is 4.98 Å². The smallest absolute Gasteiger partial charge is 0.219 e. The number of nitrogens with one attached hydrogen (secondary N) is 1. The molecule has 3 nitrogen and oxygen atoms in total. The van der Waals surface area contributed by atoms with Crippen LogP contribution in [0.5, 0.6) is 5.88 Å². The quantitative estimate of drug-likeness (QED) is 0.913. The fourth-order valence-corrected chi connectivity index (χ4v) is 2.33. The van der Waals surface area contributed by atoms with Crippen LogP contribution >= 0.6 is 0 Å². The summed E-state index contributed by atoms with van der Waals surface area (Å²) in [5, 5.41) is 3.04. The predicted molar refractivity (Wildman–Crippen MR) is 85.4 cm³/mol. The molecule has 1 N–H and O–H groups in total. The van der Waals surface area contributed by atoms with E-state index < -0.39 is 0 Å². The molecule has 0 saturated heterocycles. The van der Waals surface area contributed by atoms with E-state index in [4.69, 9.17) is 4.74 Å². The predicted octanol–water partition coefficient (Wildman–Crippen LogP) is 4.13. The second-order valence-electron chi connectivity index (χ2n) is 4.96. The van der Waals surface area contributed by atoms with Gasteiger partial charge in [-0.1, -0.05) is 36.4 Å². The fraction of sp³-hybridized carbons (Fsp3) is 0.167. The van der Waals surface area contributed by atoms with Crippen LogP contribution in [0, 0.1) is 0 Å². The largest absolute Gasteiger partial charge is 0.439 e. The number of nitrogens with zero attached hydrogens (tertiary/aromatic N) is 1. The average molecular weight is 278 g/mol. The van der Waals surface area contributed by atoms with Crippen LogP contribution in [0.1, 0.15) is 17.9 Å². The summed E-state index contributed by atoms with van der Waals surface area (Å²) >= 11 is 0. The zero-order valence-corrected chi connectivity index (χ0v) is 12.0. The van der Waals surface area contributed by atoms with Crippen LogP contribution in [0.3, 0.4) is 0 Å². The standard InChI is InChI=1S/C18H18N2O/c1-19-16-9-12-18(20-13-16)21-17-10-7-15(8-11-17)14-5-3-2-4-6-14/h2-7,9-13,15,19H,8H2,1H3. The van der Waals surface area contributed by atoms with E-state index in [1.807, 2.05) is 31.3 Å². The maximum absolute atomic E-state index is 5.77. The van der Waals surface area contributed by atoms with Crippen molar-refractivity contribution < 1.29 is 4.74 Å². The summed E-state index contributed by atoms with van der Waals surface area (Å²) in [5.41, 5.74) is 2.31. The Hall–Kier alpha value is -2.55. The molecule has 1 aliphatic rings. The summed E-state index contributed by atoms with van der Waals surface area (Å²) in [4.78, 5) is 4.26. The molecule has 0 spiro atoms. The molecule has 0 aliphatic heterocycles. The minimum Gasteiger partial charge on any atom is -0.439 e. The number of ether oxygens (including phenoxy) is 1. The first-order valence-corrected chi connectivity index (χ1v) is 7.10. The Morgan fingerprint density at radius 2 is 2.00 bits per heavy atom. The number of rotatable bonds is 4. The third-order valence-corrected chi connectivity index (χ3v) is 3.54. The molecule has 1 unspecified atom stereocenters. The van der Waals surface area contributed by atoms with E-state index in [1.54, 1.807) is 6.20 Å². The van der Waals surface area contributed by atoms with Gasteiger partial charge in [0.15, 0.2) is 0 Å². The van der Waals surface area contributed by atoms with Crippen LogP contribution < -0.4 is 10.1 Å². The lowest BCUT2D eigenvalue weighted by Crippen LogP contribution is -2.03. The molecule has 3 heteroatoms. The maximum atomic E-state index is 5.77. The molecular weight excluding hydrogens is 260 g/mol. The number of hydrogen-bond donors (Lipinski definition) is 1. The Labute approximate surface area is 125 Å². The van der Waals surface area contributed by atoms with Gasteiger partial charge in [0.2, 0.25) is 5.88 Å². The minimum atomic E-state index is 0.429. The van der Waals surface area contributed by atoms with Crippen LogP contribution in [0.4, 0.5) is 5.69 Å². The van der Waals surface area contributed by atoms with Gasteiger partial charge in [-0.05, 0) is 30.2 Å². The van der Waals surface area contributed by atoms with Gasteiger partial charge in [-0.3, -0.25) is 0 Å².